The average Bonchev–Trinajstić information content (AvgIpc) is 2.43. The summed E-state index contributed by atoms with van der Waals surface area (Å²) >= 11 is 0. The summed E-state index contributed by atoms with van der Waals surface area (Å²) in [5.74, 6) is 0.679. The van der Waals surface area contributed by atoms with E-state index in [1.54, 1.807) is 0 Å². The van der Waals surface area contributed by atoms with Gasteiger partial charge in [-0.05, 0) is 24.6 Å². The molecule has 0 radical (unpaired) electrons. The molecule has 0 spiro atoms. The van der Waals surface area contributed by atoms with Gasteiger partial charge in [-0.3, -0.25) is 9.88 Å². The van der Waals surface area contributed by atoms with Crippen LogP contribution in [0.4, 0.5) is 0 Å². The molecule has 2 N–H and O–H groups in total. The number of hydrogen-bond acceptors (Lipinski definition) is 3. The summed E-state index contributed by atoms with van der Waals surface area (Å²) in [6.45, 7) is 9.36. The molecular formula is C15H27N3. The Labute approximate surface area is 111 Å². The fourth-order valence-corrected chi connectivity index (χ4v) is 2.64. The Morgan fingerprint density at radius 1 is 1.22 bits per heavy atom. The molecule has 0 bridgehead atoms. The minimum atomic E-state index is 0.465. The number of aromatic nitrogens is 1. The normalized spacial score (nSPS) is 13.2. The van der Waals surface area contributed by atoms with Gasteiger partial charge in [0, 0.05) is 25.3 Å². The van der Waals surface area contributed by atoms with Crippen molar-refractivity contribution in [3.05, 3.63) is 30.1 Å². The third-order valence-corrected chi connectivity index (χ3v) is 3.80. The summed E-state index contributed by atoms with van der Waals surface area (Å²) in [7, 11) is 0. The molecule has 1 unspecified atom stereocenters. The lowest BCUT2D eigenvalue weighted by Gasteiger charge is -2.35. The smallest absolute Gasteiger partial charge is 0.0544 e. The molecule has 3 nitrogen and oxygen atoms in total. The minimum Gasteiger partial charge on any atom is -0.329 e. The van der Waals surface area contributed by atoms with Gasteiger partial charge < -0.3 is 5.73 Å². The maximum Gasteiger partial charge on any atom is 0.0544 e. The fourth-order valence-electron chi connectivity index (χ4n) is 2.64. The molecule has 1 heterocycles. The van der Waals surface area contributed by atoms with Crippen LogP contribution in [0, 0.1) is 5.92 Å². The molecular weight excluding hydrogens is 222 g/mol. The third kappa shape index (κ3) is 4.07. The summed E-state index contributed by atoms with van der Waals surface area (Å²) in [6.07, 6.45) is 4.24. The first kappa shape index (κ1) is 15.1. The van der Waals surface area contributed by atoms with E-state index in [9.17, 15) is 0 Å². The van der Waals surface area contributed by atoms with Gasteiger partial charge in [-0.25, -0.2) is 0 Å². The zero-order chi connectivity index (χ0) is 13.4. The summed E-state index contributed by atoms with van der Waals surface area (Å²) < 4.78 is 0. The second-order valence-corrected chi connectivity index (χ2v) is 4.76. The number of pyridine rings is 1. The number of rotatable bonds is 8. The van der Waals surface area contributed by atoms with Crippen molar-refractivity contribution < 1.29 is 0 Å². The van der Waals surface area contributed by atoms with Crippen LogP contribution in [0.5, 0.6) is 0 Å². The molecule has 0 aliphatic carbocycles. The number of hydrogen-bond donors (Lipinski definition) is 1. The molecule has 3 heteroatoms. The van der Waals surface area contributed by atoms with E-state index in [2.05, 4.69) is 36.7 Å². The summed E-state index contributed by atoms with van der Waals surface area (Å²) in [5.41, 5.74) is 7.12. The number of nitrogens with two attached hydrogens (primary N) is 1. The van der Waals surface area contributed by atoms with Crippen LogP contribution < -0.4 is 5.73 Å². The maximum absolute atomic E-state index is 5.99. The van der Waals surface area contributed by atoms with E-state index >= 15 is 0 Å². The Kier molecular flexibility index (Phi) is 6.91. The summed E-state index contributed by atoms with van der Waals surface area (Å²) in [6, 6.07) is 6.56. The average molecular weight is 249 g/mol. The molecule has 0 fully saturated rings. The van der Waals surface area contributed by atoms with Crippen molar-refractivity contribution in [2.75, 3.05) is 13.1 Å². The first-order valence-corrected chi connectivity index (χ1v) is 7.10. The van der Waals surface area contributed by atoms with E-state index in [1.165, 1.54) is 12.8 Å². The molecule has 1 aromatic heterocycles. The molecule has 102 valence electrons. The highest BCUT2D eigenvalue weighted by Crippen LogP contribution is 2.19. The molecule has 1 atom stereocenters. The zero-order valence-corrected chi connectivity index (χ0v) is 12.0. The lowest BCUT2D eigenvalue weighted by molar-refractivity contribution is 0.137. The third-order valence-electron chi connectivity index (χ3n) is 3.80. The van der Waals surface area contributed by atoms with Crippen LogP contribution in [0.15, 0.2) is 24.4 Å². The fraction of sp³-hybridized carbons (Fsp3) is 0.667. The molecule has 0 saturated carbocycles. The van der Waals surface area contributed by atoms with Crippen LogP contribution in [-0.4, -0.2) is 29.0 Å². The highest BCUT2D eigenvalue weighted by Gasteiger charge is 2.23. The van der Waals surface area contributed by atoms with Gasteiger partial charge in [-0.1, -0.05) is 39.7 Å². The Bertz CT molecular complexity index is 309. The quantitative estimate of drug-likeness (QED) is 0.770. The van der Waals surface area contributed by atoms with Gasteiger partial charge in [0.2, 0.25) is 0 Å². The van der Waals surface area contributed by atoms with Gasteiger partial charge in [-0.2, -0.15) is 0 Å². The van der Waals surface area contributed by atoms with Crippen molar-refractivity contribution >= 4 is 0 Å². The monoisotopic (exact) mass is 249 g/mol. The Hall–Kier alpha value is -0.930. The van der Waals surface area contributed by atoms with E-state index in [1.807, 2.05) is 18.3 Å². The van der Waals surface area contributed by atoms with Gasteiger partial charge in [0.1, 0.15) is 0 Å². The molecule has 1 aromatic rings. The maximum atomic E-state index is 5.99. The lowest BCUT2D eigenvalue weighted by Crippen LogP contribution is -2.45. The number of likely N-dealkylation sites (N-methyl/N-ethyl adjacent to an activating group) is 1. The Balaban J connectivity index is 2.74. The minimum absolute atomic E-state index is 0.465. The largest absolute Gasteiger partial charge is 0.329 e. The molecule has 0 aromatic carbocycles. The van der Waals surface area contributed by atoms with Crippen LogP contribution in [0.3, 0.4) is 0 Å². The van der Waals surface area contributed by atoms with Gasteiger partial charge >= 0.3 is 0 Å². The van der Waals surface area contributed by atoms with Crippen molar-refractivity contribution in [3.63, 3.8) is 0 Å². The van der Waals surface area contributed by atoms with Gasteiger partial charge in [0.05, 0.1) is 5.69 Å². The number of nitrogens with zero attached hydrogens (tertiary/aromatic N) is 2. The molecule has 0 aliphatic heterocycles. The van der Waals surface area contributed by atoms with Crippen molar-refractivity contribution in [2.24, 2.45) is 11.7 Å². The Morgan fingerprint density at radius 3 is 2.39 bits per heavy atom. The van der Waals surface area contributed by atoms with Crippen LogP contribution in [0.25, 0.3) is 0 Å². The highest BCUT2D eigenvalue weighted by molar-refractivity contribution is 5.03. The topological polar surface area (TPSA) is 42.1 Å². The van der Waals surface area contributed by atoms with Crippen LogP contribution in [0.2, 0.25) is 0 Å². The van der Waals surface area contributed by atoms with Crippen LogP contribution in [0.1, 0.15) is 39.3 Å². The van der Waals surface area contributed by atoms with E-state index in [4.69, 9.17) is 5.73 Å². The van der Waals surface area contributed by atoms with E-state index in [-0.39, 0.29) is 0 Å². The summed E-state index contributed by atoms with van der Waals surface area (Å²) in [4.78, 5) is 6.87. The summed E-state index contributed by atoms with van der Waals surface area (Å²) in [5, 5.41) is 0. The van der Waals surface area contributed by atoms with E-state index in [0.29, 0.717) is 12.0 Å². The zero-order valence-electron chi connectivity index (χ0n) is 12.0. The first-order chi connectivity index (χ1) is 8.76. The van der Waals surface area contributed by atoms with Crippen molar-refractivity contribution in [2.45, 2.75) is 46.2 Å². The highest BCUT2D eigenvalue weighted by atomic mass is 15.2. The van der Waals surface area contributed by atoms with E-state index in [0.717, 1.165) is 25.3 Å². The van der Waals surface area contributed by atoms with Gasteiger partial charge in [0.15, 0.2) is 0 Å². The van der Waals surface area contributed by atoms with Crippen molar-refractivity contribution in [3.8, 4) is 0 Å². The van der Waals surface area contributed by atoms with Crippen molar-refractivity contribution in [1.82, 2.24) is 9.88 Å². The first-order valence-electron chi connectivity index (χ1n) is 7.10. The second kappa shape index (κ2) is 8.22. The van der Waals surface area contributed by atoms with Crippen molar-refractivity contribution in [1.29, 1.82) is 0 Å². The predicted molar refractivity (Wildman–Crippen MR) is 77.2 cm³/mol. The molecule has 0 aliphatic rings. The SMILES string of the molecule is CCC(CC)C(CN)N(CC)Cc1ccccn1. The van der Waals surface area contributed by atoms with Crippen LogP contribution in [-0.2, 0) is 6.54 Å². The molecule has 0 saturated heterocycles. The van der Waals surface area contributed by atoms with Crippen LogP contribution >= 0.6 is 0 Å². The standard InChI is InChI=1S/C15H27N3/c1-4-13(5-2)15(11-16)18(6-3)12-14-9-7-8-10-17-14/h7-10,13,15H,4-6,11-12,16H2,1-3H3. The lowest BCUT2D eigenvalue weighted by atomic mass is 9.92. The molecule has 18 heavy (non-hydrogen) atoms. The molecule has 0 amide bonds. The Morgan fingerprint density at radius 2 is 1.94 bits per heavy atom. The molecule has 1 rings (SSSR count). The predicted octanol–water partition coefficient (Wildman–Crippen LogP) is 2.67. The van der Waals surface area contributed by atoms with Gasteiger partial charge in [-0.15, -0.1) is 0 Å². The second-order valence-electron chi connectivity index (χ2n) is 4.76. The van der Waals surface area contributed by atoms with Gasteiger partial charge in [0.25, 0.3) is 0 Å². The van der Waals surface area contributed by atoms with E-state index < -0.39 is 0 Å².